The van der Waals surface area contributed by atoms with Crippen molar-refractivity contribution in [1.82, 2.24) is 0 Å². The van der Waals surface area contributed by atoms with Crippen LogP contribution in [-0.4, -0.2) is 0 Å². The zero-order valence-electron chi connectivity index (χ0n) is 7.20. The van der Waals surface area contributed by atoms with Crippen molar-refractivity contribution in [3.05, 3.63) is 0 Å². The van der Waals surface area contributed by atoms with Crippen molar-refractivity contribution >= 4 is 7.82 Å². The molecule has 0 aromatic rings. The van der Waals surface area contributed by atoms with Crippen LogP contribution in [0.2, 0.25) is 0 Å². The van der Waals surface area contributed by atoms with E-state index in [1.165, 1.54) is 19.3 Å². The van der Waals surface area contributed by atoms with Crippen molar-refractivity contribution in [1.29, 1.82) is 0 Å². The van der Waals surface area contributed by atoms with Gasteiger partial charge in [0.15, 0.2) is 0 Å². The molecule has 0 bridgehead atoms. The second kappa shape index (κ2) is 13.1. The summed E-state index contributed by atoms with van der Waals surface area (Å²) in [6, 6.07) is 0. The average molecular weight is 206 g/mol. The first-order chi connectivity index (χ1) is 3.50. The molecular formula is C3H6Na3O4P. The molecule has 0 amide bonds. The van der Waals surface area contributed by atoms with Crippen molar-refractivity contribution in [3.8, 4) is 0 Å². The summed E-state index contributed by atoms with van der Waals surface area (Å²) in [7, 11) is -5.39. The number of rotatable bonds is 0. The molecule has 0 spiro atoms. The maximum absolute atomic E-state index is 8.55. The van der Waals surface area contributed by atoms with Gasteiger partial charge in [0, 0.05) is 0 Å². The zero-order valence-corrected chi connectivity index (χ0v) is 14.1. The van der Waals surface area contributed by atoms with Crippen LogP contribution in [0.3, 0.4) is 0 Å². The second-order valence-corrected chi connectivity index (χ2v) is 2.40. The first-order valence-electron chi connectivity index (χ1n) is 2.23. The molecule has 4 nitrogen and oxygen atoms in total. The zero-order chi connectivity index (χ0) is 6.62. The van der Waals surface area contributed by atoms with E-state index in [-0.39, 0.29) is 88.7 Å². The Morgan fingerprint density at radius 3 is 0.909 bits per heavy atom. The van der Waals surface area contributed by atoms with E-state index in [2.05, 4.69) is 0 Å². The van der Waals surface area contributed by atoms with Crippen molar-refractivity contribution in [3.63, 3.8) is 0 Å². The van der Waals surface area contributed by atoms with E-state index >= 15 is 0 Å². The third kappa shape index (κ3) is 95.8. The molecule has 0 unspecified atom stereocenters. The van der Waals surface area contributed by atoms with E-state index in [1.54, 1.807) is 0 Å². The largest absolute Gasteiger partial charge is 1.00 e. The van der Waals surface area contributed by atoms with Gasteiger partial charge in [0.2, 0.25) is 0 Å². The molecule has 0 aromatic heterocycles. The van der Waals surface area contributed by atoms with Gasteiger partial charge in [0.1, 0.15) is 0 Å². The van der Waals surface area contributed by atoms with Crippen LogP contribution >= 0.6 is 7.82 Å². The van der Waals surface area contributed by atoms with Gasteiger partial charge >= 0.3 is 88.7 Å². The SMILES string of the molecule is C1CC1.O=P([O-])([O-])[O-].[Na+].[Na+].[Na+]. The van der Waals surface area contributed by atoms with Gasteiger partial charge in [0.05, 0.1) is 0 Å². The van der Waals surface area contributed by atoms with E-state index in [0.29, 0.717) is 0 Å². The minimum absolute atomic E-state index is 0. The fourth-order valence-corrected chi connectivity index (χ4v) is 0. The second-order valence-electron chi connectivity index (χ2n) is 1.51. The molecule has 1 aliphatic carbocycles. The first kappa shape index (κ1) is 23.7. The molecule has 11 heavy (non-hydrogen) atoms. The topological polar surface area (TPSA) is 86.2 Å². The summed E-state index contributed by atoms with van der Waals surface area (Å²) in [6.07, 6.45) is 4.50. The van der Waals surface area contributed by atoms with Gasteiger partial charge in [0.25, 0.3) is 0 Å². The fraction of sp³-hybridized carbons (Fsp3) is 1.00. The van der Waals surface area contributed by atoms with Crippen LogP contribution in [0.4, 0.5) is 0 Å². The summed E-state index contributed by atoms with van der Waals surface area (Å²) < 4.78 is 8.55. The number of phosphoric acid groups is 1. The third-order valence-corrected chi connectivity index (χ3v) is 0.354. The molecule has 0 radical (unpaired) electrons. The molecular weight excluding hydrogens is 200 g/mol. The summed E-state index contributed by atoms with van der Waals surface area (Å²) in [4.78, 5) is 25.6. The van der Waals surface area contributed by atoms with Gasteiger partial charge in [-0.05, 0) is 0 Å². The molecule has 50 valence electrons. The summed E-state index contributed by atoms with van der Waals surface area (Å²) in [5, 5.41) is 0. The normalized spacial score (nSPS) is 11.9. The van der Waals surface area contributed by atoms with E-state index in [9.17, 15) is 0 Å². The van der Waals surface area contributed by atoms with Crippen LogP contribution in [0, 0.1) is 0 Å². The monoisotopic (exact) mass is 206 g/mol. The van der Waals surface area contributed by atoms with Crippen LogP contribution < -0.4 is 103 Å². The average Bonchev–Trinajstić information content (AvgIpc) is 1.95. The van der Waals surface area contributed by atoms with Crippen molar-refractivity contribution in [2.24, 2.45) is 0 Å². The van der Waals surface area contributed by atoms with Gasteiger partial charge in [-0.1, -0.05) is 19.3 Å². The van der Waals surface area contributed by atoms with Crippen LogP contribution in [0.5, 0.6) is 0 Å². The molecule has 1 aliphatic rings. The smallest absolute Gasteiger partial charge is 0.822 e. The molecule has 0 aliphatic heterocycles. The molecule has 1 rings (SSSR count). The Bertz CT molecular complexity index is 91.7. The van der Waals surface area contributed by atoms with Gasteiger partial charge in [-0.2, -0.15) is 7.82 Å². The Morgan fingerprint density at radius 2 is 0.909 bits per heavy atom. The van der Waals surface area contributed by atoms with E-state index in [0.717, 1.165) is 0 Å². The molecule has 0 saturated heterocycles. The molecule has 1 saturated carbocycles. The maximum atomic E-state index is 8.55. The minimum Gasteiger partial charge on any atom is -0.822 e. The predicted octanol–water partition coefficient (Wildman–Crippen LogP) is -10.6. The van der Waals surface area contributed by atoms with Crippen LogP contribution in [0.15, 0.2) is 0 Å². The van der Waals surface area contributed by atoms with Crippen LogP contribution in [-0.2, 0) is 4.57 Å². The predicted molar refractivity (Wildman–Crippen MR) is 21.5 cm³/mol. The fourth-order valence-electron chi connectivity index (χ4n) is 0. The summed E-state index contributed by atoms with van der Waals surface area (Å²) >= 11 is 0. The third-order valence-electron chi connectivity index (χ3n) is 0.354. The molecule has 1 fully saturated rings. The van der Waals surface area contributed by atoms with E-state index in [1.807, 2.05) is 0 Å². The summed E-state index contributed by atoms with van der Waals surface area (Å²) in [5.74, 6) is 0. The number of hydrogen-bond acceptors (Lipinski definition) is 4. The Morgan fingerprint density at radius 1 is 0.818 bits per heavy atom. The van der Waals surface area contributed by atoms with Gasteiger partial charge in [-0.15, -0.1) is 0 Å². The first-order valence-corrected chi connectivity index (χ1v) is 3.69. The number of hydrogen-bond donors (Lipinski definition) is 0. The Balaban J connectivity index is -0.0000000365. The van der Waals surface area contributed by atoms with Crippen LogP contribution in [0.1, 0.15) is 19.3 Å². The van der Waals surface area contributed by atoms with Gasteiger partial charge in [-0.25, -0.2) is 0 Å². The molecule has 0 heterocycles. The molecule has 0 aromatic carbocycles. The van der Waals surface area contributed by atoms with Gasteiger partial charge < -0.3 is 19.2 Å². The molecule has 0 N–H and O–H groups in total. The Labute approximate surface area is 133 Å². The minimum atomic E-state index is -5.39. The Kier molecular flexibility index (Phi) is 28.3. The van der Waals surface area contributed by atoms with Crippen molar-refractivity contribution < 1.29 is 108 Å². The van der Waals surface area contributed by atoms with Crippen LogP contribution in [0.25, 0.3) is 0 Å². The Hall–Kier alpha value is 3.11. The quantitative estimate of drug-likeness (QED) is 0.291. The maximum Gasteiger partial charge on any atom is 1.00 e. The van der Waals surface area contributed by atoms with Gasteiger partial charge in [-0.3, -0.25) is 0 Å². The molecule has 8 heteroatoms. The van der Waals surface area contributed by atoms with Crippen molar-refractivity contribution in [2.45, 2.75) is 19.3 Å². The summed E-state index contributed by atoms with van der Waals surface area (Å²) in [5.41, 5.74) is 0. The van der Waals surface area contributed by atoms with E-state index in [4.69, 9.17) is 19.2 Å². The van der Waals surface area contributed by atoms with E-state index < -0.39 is 7.82 Å². The molecule has 0 atom stereocenters. The summed E-state index contributed by atoms with van der Waals surface area (Å²) in [6.45, 7) is 0. The standard InChI is InChI=1S/C3H6.3Na.H3O4P/c1-2-3-1;;;;1-5(2,3)4/h1-3H2;;;;(H3,1,2,3,4)/q;3*+1;/p-3. The van der Waals surface area contributed by atoms with Crippen molar-refractivity contribution in [2.75, 3.05) is 0 Å².